The number of nitrogens with zero attached hydrogens (tertiary/aromatic N) is 2. The molecule has 2 N–H and O–H groups in total. The molecular weight excluding hydrogens is 218 g/mol. The van der Waals surface area contributed by atoms with Crippen molar-refractivity contribution in [3.05, 3.63) is 35.6 Å². The van der Waals surface area contributed by atoms with Crippen LogP contribution in [0, 0.1) is 0 Å². The lowest BCUT2D eigenvalue weighted by Crippen LogP contribution is -2.11. The van der Waals surface area contributed by atoms with Gasteiger partial charge in [-0.2, -0.15) is 0 Å². The lowest BCUT2D eigenvalue weighted by Gasteiger charge is -2.07. The maximum Gasteiger partial charge on any atom is 0.125 e. The van der Waals surface area contributed by atoms with Crippen molar-refractivity contribution in [3.63, 3.8) is 0 Å². The number of rotatable bonds is 4. The Labute approximate surface area is 99.4 Å². The predicted molar refractivity (Wildman–Crippen MR) is 67.4 cm³/mol. The number of hydrogen-bond donors (Lipinski definition) is 1. The number of aromatic nitrogens is 2. The predicted octanol–water partition coefficient (Wildman–Crippen LogP) is 2.66. The normalized spacial score (nSPS) is 12.6. The minimum absolute atomic E-state index is 0.377. The Bertz CT molecular complexity index is 435. The van der Waals surface area contributed by atoms with Crippen LogP contribution in [-0.2, 0) is 0 Å². The van der Waals surface area contributed by atoms with Gasteiger partial charge in [-0.15, -0.1) is 11.3 Å². The molecule has 0 aromatic carbocycles. The van der Waals surface area contributed by atoms with Crippen molar-refractivity contribution in [2.24, 2.45) is 5.73 Å². The molecule has 84 valence electrons. The zero-order valence-electron chi connectivity index (χ0n) is 9.26. The Morgan fingerprint density at radius 3 is 3.00 bits per heavy atom. The first-order valence-electron chi connectivity index (χ1n) is 5.41. The van der Waals surface area contributed by atoms with E-state index >= 15 is 0 Å². The van der Waals surface area contributed by atoms with Crippen molar-refractivity contribution in [2.75, 3.05) is 6.54 Å². The van der Waals surface area contributed by atoms with Crippen molar-refractivity contribution >= 4 is 11.3 Å². The molecule has 0 bridgehead atoms. The number of nitrogens with two attached hydrogens (primary N) is 1. The van der Waals surface area contributed by atoms with Crippen LogP contribution in [0.4, 0.5) is 0 Å². The first kappa shape index (κ1) is 11.2. The minimum atomic E-state index is 0.377. The van der Waals surface area contributed by atoms with Crippen LogP contribution in [0.2, 0.25) is 0 Å². The molecule has 0 aliphatic rings. The molecule has 2 aromatic rings. The molecule has 0 saturated heterocycles. The van der Waals surface area contributed by atoms with E-state index in [-0.39, 0.29) is 0 Å². The molecule has 3 nitrogen and oxygen atoms in total. The van der Waals surface area contributed by atoms with E-state index in [0.717, 1.165) is 22.7 Å². The molecule has 0 spiro atoms. The third kappa shape index (κ3) is 2.28. The Morgan fingerprint density at radius 2 is 2.38 bits per heavy atom. The second-order valence-electron chi connectivity index (χ2n) is 3.66. The van der Waals surface area contributed by atoms with Gasteiger partial charge in [-0.3, -0.25) is 4.98 Å². The van der Waals surface area contributed by atoms with Gasteiger partial charge in [0.05, 0.1) is 5.69 Å². The fourth-order valence-corrected chi connectivity index (χ4v) is 2.48. The number of thiazole rings is 1. The number of pyridine rings is 1. The molecule has 0 amide bonds. The van der Waals surface area contributed by atoms with Gasteiger partial charge in [0.1, 0.15) is 5.01 Å². The van der Waals surface area contributed by atoms with Gasteiger partial charge in [0.25, 0.3) is 0 Å². The van der Waals surface area contributed by atoms with Crippen LogP contribution in [0.5, 0.6) is 0 Å². The summed E-state index contributed by atoms with van der Waals surface area (Å²) in [5.74, 6) is 0.377. The molecule has 0 aliphatic carbocycles. The Kier molecular flexibility index (Phi) is 3.64. The van der Waals surface area contributed by atoms with Gasteiger partial charge in [-0.1, -0.05) is 6.92 Å². The maximum absolute atomic E-state index is 5.72. The summed E-state index contributed by atoms with van der Waals surface area (Å²) in [6, 6.07) is 3.95. The van der Waals surface area contributed by atoms with Gasteiger partial charge < -0.3 is 5.73 Å². The average molecular weight is 233 g/mol. The summed E-state index contributed by atoms with van der Waals surface area (Å²) in [4.78, 5) is 8.72. The maximum atomic E-state index is 5.72. The first-order valence-corrected chi connectivity index (χ1v) is 6.29. The topological polar surface area (TPSA) is 51.8 Å². The largest absolute Gasteiger partial charge is 0.330 e. The lowest BCUT2D eigenvalue weighted by molar-refractivity contribution is 0.659. The van der Waals surface area contributed by atoms with E-state index in [2.05, 4.69) is 22.3 Å². The van der Waals surface area contributed by atoms with Crippen LogP contribution in [0.15, 0.2) is 29.9 Å². The summed E-state index contributed by atoms with van der Waals surface area (Å²) in [6.45, 7) is 2.80. The smallest absolute Gasteiger partial charge is 0.125 e. The molecule has 0 aliphatic heterocycles. The molecule has 0 radical (unpaired) electrons. The van der Waals surface area contributed by atoms with Crippen LogP contribution in [0.25, 0.3) is 10.6 Å². The van der Waals surface area contributed by atoms with E-state index in [4.69, 9.17) is 5.73 Å². The van der Waals surface area contributed by atoms with E-state index in [9.17, 15) is 0 Å². The van der Waals surface area contributed by atoms with E-state index in [0.29, 0.717) is 12.5 Å². The van der Waals surface area contributed by atoms with Crippen LogP contribution in [0.1, 0.15) is 25.0 Å². The van der Waals surface area contributed by atoms with Gasteiger partial charge in [0.2, 0.25) is 0 Å². The van der Waals surface area contributed by atoms with Gasteiger partial charge in [-0.05, 0) is 18.6 Å². The molecular formula is C12H15N3S. The van der Waals surface area contributed by atoms with Gasteiger partial charge >= 0.3 is 0 Å². The highest BCUT2D eigenvalue weighted by Crippen LogP contribution is 2.27. The van der Waals surface area contributed by atoms with E-state index in [1.807, 2.05) is 18.3 Å². The fourth-order valence-electron chi connectivity index (χ4n) is 1.59. The zero-order chi connectivity index (χ0) is 11.4. The zero-order valence-corrected chi connectivity index (χ0v) is 10.1. The van der Waals surface area contributed by atoms with Crippen molar-refractivity contribution in [3.8, 4) is 10.6 Å². The monoisotopic (exact) mass is 233 g/mol. The number of hydrogen-bond acceptors (Lipinski definition) is 4. The van der Waals surface area contributed by atoms with Crippen molar-refractivity contribution in [2.45, 2.75) is 19.3 Å². The molecule has 4 heteroatoms. The van der Waals surface area contributed by atoms with Gasteiger partial charge in [0, 0.05) is 35.8 Å². The molecule has 1 unspecified atom stereocenters. The minimum Gasteiger partial charge on any atom is -0.330 e. The lowest BCUT2D eigenvalue weighted by atomic mass is 10.0. The summed E-state index contributed by atoms with van der Waals surface area (Å²) < 4.78 is 0. The SMILES string of the molecule is CCC(CN)c1csc(-c2cccnc2)n1. The van der Waals surface area contributed by atoms with Gasteiger partial charge in [0.15, 0.2) is 0 Å². The van der Waals surface area contributed by atoms with E-state index < -0.39 is 0 Å². The summed E-state index contributed by atoms with van der Waals surface area (Å²) in [5.41, 5.74) is 7.90. The molecule has 0 saturated carbocycles. The molecule has 2 heterocycles. The third-order valence-corrected chi connectivity index (χ3v) is 3.54. The van der Waals surface area contributed by atoms with Crippen molar-refractivity contribution < 1.29 is 0 Å². The van der Waals surface area contributed by atoms with Crippen LogP contribution < -0.4 is 5.73 Å². The molecule has 2 rings (SSSR count). The van der Waals surface area contributed by atoms with Crippen molar-refractivity contribution in [1.82, 2.24) is 9.97 Å². The summed E-state index contributed by atoms with van der Waals surface area (Å²) in [5, 5.41) is 3.12. The fraction of sp³-hybridized carbons (Fsp3) is 0.333. The first-order chi connectivity index (χ1) is 7.85. The van der Waals surface area contributed by atoms with Crippen LogP contribution in [0.3, 0.4) is 0 Å². The Hall–Kier alpha value is -1.26. The van der Waals surface area contributed by atoms with E-state index in [1.165, 1.54) is 0 Å². The second kappa shape index (κ2) is 5.18. The average Bonchev–Trinajstić information content (AvgIpc) is 2.81. The highest BCUT2D eigenvalue weighted by Gasteiger charge is 2.12. The van der Waals surface area contributed by atoms with Gasteiger partial charge in [-0.25, -0.2) is 4.98 Å². The Balaban J connectivity index is 2.26. The van der Waals surface area contributed by atoms with Crippen LogP contribution >= 0.6 is 11.3 Å². The highest BCUT2D eigenvalue weighted by atomic mass is 32.1. The Morgan fingerprint density at radius 1 is 1.50 bits per heavy atom. The van der Waals surface area contributed by atoms with E-state index in [1.54, 1.807) is 17.5 Å². The molecule has 0 fully saturated rings. The molecule has 1 atom stereocenters. The van der Waals surface area contributed by atoms with Crippen molar-refractivity contribution in [1.29, 1.82) is 0 Å². The standard InChI is InChI=1S/C12H15N3S/c1-2-9(6-13)11-8-16-12(15-11)10-4-3-5-14-7-10/h3-5,7-9H,2,6,13H2,1H3. The molecule has 16 heavy (non-hydrogen) atoms. The highest BCUT2D eigenvalue weighted by molar-refractivity contribution is 7.13. The summed E-state index contributed by atoms with van der Waals surface area (Å²) in [7, 11) is 0. The summed E-state index contributed by atoms with van der Waals surface area (Å²) in [6.07, 6.45) is 4.64. The third-order valence-electron chi connectivity index (χ3n) is 2.63. The van der Waals surface area contributed by atoms with Crippen LogP contribution in [-0.4, -0.2) is 16.5 Å². The quantitative estimate of drug-likeness (QED) is 0.883. The second-order valence-corrected chi connectivity index (χ2v) is 4.52. The molecule has 2 aromatic heterocycles. The summed E-state index contributed by atoms with van der Waals surface area (Å²) >= 11 is 1.66.